The largest absolute Gasteiger partial charge is 0.477 e. The van der Waals surface area contributed by atoms with Gasteiger partial charge in [0, 0.05) is 17.8 Å². The van der Waals surface area contributed by atoms with Crippen molar-refractivity contribution in [3.63, 3.8) is 0 Å². The van der Waals surface area contributed by atoms with E-state index >= 15 is 0 Å². The van der Waals surface area contributed by atoms with Crippen LogP contribution in [0.1, 0.15) is 10.4 Å². The number of nitrogens with zero attached hydrogens (tertiary/aromatic N) is 2. The second kappa shape index (κ2) is 6.29. The summed E-state index contributed by atoms with van der Waals surface area (Å²) >= 11 is 0. The normalized spacial score (nSPS) is 9.60. The summed E-state index contributed by atoms with van der Waals surface area (Å²) in [6, 6.07) is 11.0. The van der Waals surface area contributed by atoms with Gasteiger partial charge in [-0.15, -0.1) is 0 Å². The van der Waals surface area contributed by atoms with Gasteiger partial charge in [-0.25, -0.2) is 4.98 Å². The molecule has 6 heteroatoms. The number of rotatable bonds is 4. The van der Waals surface area contributed by atoms with Crippen molar-refractivity contribution in [3.05, 3.63) is 54.1 Å². The van der Waals surface area contributed by atoms with Crippen molar-refractivity contribution in [2.75, 3.05) is 11.9 Å². The monoisotopic (exact) mass is 271 g/mol. The second-order valence-corrected chi connectivity index (χ2v) is 3.76. The lowest BCUT2D eigenvalue weighted by molar-refractivity contribution is 0.102. The van der Waals surface area contributed by atoms with Crippen LogP contribution in [0, 0.1) is 17.3 Å². The quantitative estimate of drug-likeness (QED) is 0.866. The van der Waals surface area contributed by atoms with Gasteiger partial charge in [-0.1, -0.05) is 12.1 Å². The minimum absolute atomic E-state index is 0.128. The number of hydrogen-bond donors (Lipinski definition) is 1. The second-order valence-electron chi connectivity index (χ2n) is 3.76. The number of para-hydroxylation sites is 2. The van der Waals surface area contributed by atoms with Crippen molar-refractivity contribution in [1.29, 1.82) is 5.26 Å². The van der Waals surface area contributed by atoms with Gasteiger partial charge in [0.05, 0.1) is 5.69 Å². The summed E-state index contributed by atoms with van der Waals surface area (Å²) in [5.41, 5.74) is 0.553. The summed E-state index contributed by atoms with van der Waals surface area (Å²) in [6.07, 6.45) is 1.21. The molecule has 0 aliphatic carbocycles. The first-order chi connectivity index (χ1) is 9.70. The molecule has 20 heavy (non-hydrogen) atoms. The molecule has 0 bridgehead atoms. The van der Waals surface area contributed by atoms with Crippen LogP contribution in [0.4, 0.5) is 10.1 Å². The van der Waals surface area contributed by atoms with Crippen LogP contribution in [0.15, 0.2) is 42.6 Å². The topological polar surface area (TPSA) is 75.0 Å². The molecule has 0 radical (unpaired) electrons. The molecule has 0 saturated heterocycles. The lowest BCUT2D eigenvalue weighted by Crippen LogP contribution is -2.13. The molecule has 0 aliphatic heterocycles. The maximum Gasteiger partial charge on any atom is 0.255 e. The highest BCUT2D eigenvalue weighted by Gasteiger charge is 2.10. The molecule has 2 aromatic rings. The number of pyridine rings is 1. The van der Waals surface area contributed by atoms with E-state index in [9.17, 15) is 9.18 Å². The number of carbonyl (C=O) groups excluding carboxylic acids is 1. The number of halogens is 1. The summed E-state index contributed by atoms with van der Waals surface area (Å²) in [5, 5.41) is 11.1. The van der Waals surface area contributed by atoms with Crippen molar-refractivity contribution in [3.8, 4) is 11.8 Å². The highest BCUT2D eigenvalue weighted by atomic mass is 19.1. The van der Waals surface area contributed by atoms with Gasteiger partial charge < -0.3 is 10.1 Å². The summed E-state index contributed by atoms with van der Waals surface area (Å²) in [4.78, 5) is 15.3. The molecule has 1 N–H and O–H groups in total. The Morgan fingerprint density at radius 1 is 1.40 bits per heavy atom. The number of ether oxygens (including phenoxy) is 1. The van der Waals surface area contributed by atoms with E-state index < -0.39 is 11.9 Å². The molecule has 1 amide bonds. The Morgan fingerprint density at radius 2 is 2.20 bits per heavy atom. The first kappa shape index (κ1) is 13.5. The molecule has 2 rings (SSSR count). The van der Waals surface area contributed by atoms with E-state index in [0.717, 1.165) is 6.07 Å². The standard InChI is InChI=1S/C14H10FN3O2/c15-13-9-10(5-7-17-13)14(19)18-11-3-1-2-4-12(11)20-8-6-16/h1-5,7,9H,8H2,(H,18,19). The fourth-order valence-electron chi connectivity index (χ4n) is 1.54. The first-order valence-corrected chi connectivity index (χ1v) is 5.72. The van der Waals surface area contributed by atoms with Crippen LogP contribution in [-0.4, -0.2) is 17.5 Å². The Labute approximate surface area is 114 Å². The van der Waals surface area contributed by atoms with Gasteiger partial charge in [0.25, 0.3) is 5.91 Å². The van der Waals surface area contributed by atoms with Gasteiger partial charge in [0.2, 0.25) is 5.95 Å². The molecule has 0 unspecified atom stereocenters. The van der Waals surface area contributed by atoms with E-state index in [1.54, 1.807) is 24.3 Å². The minimum atomic E-state index is -0.730. The molecular weight excluding hydrogens is 261 g/mol. The third-order valence-corrected chi connectivity index (χ3v) is 2.42. The number of nitriles is 1. The number of carbonyl (C=O) groups is 1. The van der Waals surface area contributed by atoms with E-state index in [0.29, 0.717) is 11.4 Å². The van der Waals surface area contributed by atoms with Crippen LogP contribution < -0.4 is 10.1 Å². The van der Waals surface area contributed by atoms with Crippen molar-refractivity contribution < 1.29 is 13.9 Å². The minimum Gasteiger partial charge on any atom is -0.477 e. The number of amides is 1. The lowest BCUT2D eigenvalue weighted by atomic mass is 10.2. The Balaban J connectivity index is 2.18. The van der Waals surface area contributed by atoms with Gasteiger partial charge in [-0.3, -0.25) is 4.79 Å². The maximum absolute atomic E-state index is 13.0. The predicted molar refractivity (Wildman–Crippen MR) is 69.7 cm³/mol. The molecule has 0 spiro atoms. The van der Waals surface area contributed by atoms with Crippen LogP contribution in [0.3, 0.4) is 0 Å². The molecule has 0 saturated carbocycles. The zero-order chi connectivity index (χ0) is 14.4. The van der Waals surface area contributed by atoms with E-state index in [1.165, 1.54) is 12.3 Å². The fourth-order valence-corrected chi connectivity index (χ4v) is 1.54. The zero-order valence-electron chi connectivity index (χ0n) is 10.3. The molecule has 1 aromatic heterocycles. The van der Waals surface area contributed by atoms with Crippen LogP contribution >= 0.6 is 0 Å². The zero-order valence-corrected chi connectivity index (χ0v) is 10.3. The van der Waals surface area contributed by atoms with Crippen molar-refractivity contribution in [1.82, 2.24) is 4.98 Å². The molecule has 1 aromatic carbocycles. The summed E-state index contributed by atoms with van der Waals surface area (Å²) in [7, 11) is 0. The van der Waals surface area contributed by atoms with Gasteiger partial charge >= 0.3 is 0 Å². The van der Waals surface area contributed by atoms with E-state index in [2.05, 4.69) is 10.3 Å². The molecular formula is C14H10FN3O2. The maximum atomic E-state index is 13.0. The Kier molecular flexibility index (Phi) is 4.24. The number of benzene rings is 1. The predicted octanol–water partition coefficient (Wildman–Crippen LogP) is 2.38. The summed E-state index contributed by atoms with van der Waals surface area (Å²) < 4.78 is 18.1. The summed E-state index contributed by atoms with van der Waals surface area (Å²) in [5.74, 6) is -0.845. The molecule has 1 heterocycles. The molecule has 0 atom stereocenters. The van der Waals surface area contributed by atoms with E-state index in [1.807, 2.05) is 6.07 Å². The van der Waals surface area contributed by atoms with Crippen LogP contribution in [-0.2, 0) is 0 Å². The fraction of sp³-hybridized carbons (Fsp3) is 0.0714. The van der Waals surface area contributed by atoms with Crippen molar-refractivity contribution >= 4 is 11.6 Å². The van der Waals surface area contributed by atoms with Crippen LogP contribution in [0.25, 0.3) is 0 Å². The Morgan fingerprint density at radius 3 is 2.95 bits per heavy atom. The first-order valence-electron chi connectivity index (χ1n) is 5.72. The van der Waals surface area contributed by atoms with Crippen LogP contribution in [0.2, 0.25) is 0 Å². The third kappa shape index (κ3) is 3.29. The van der Waals surface area contributed by atoms with Gasteiger partial charge in [0.15, 0.2) is 6.61 Å². The van der Waals surface area contributed by atoms with Crippen molar-refractivity contribution in [2.45, 2.75) is 0 Å². The van der Waals surface area contributed by atoms with Gasteiger partial charge in [0.1, 0.15) is 11.8 Å². The summed E-state index contributed by atoms with van der Waals surface area (Å²) in [6.45, 7) is -0.128. The highest BCUT2D eigenvalue weighted by molar-refractivity contribution is 6.04. The molecule has 0 fully saturated rings. The Bertz CT molecular complexity index is 667. The average molecular weight is 271 g/mol. The smallest absolute Gasteiger partial charge is 0.255 e. The number of aromatic nitrogens is 1. The molecule has 0 aliphatic rings. The van der Waals surface area contributed by atoms with Gasteiger partial charge in [-0.2, -0.15) is 9.65 Å². The SMILES string of the molecule is N#CCOc1ccccc1NC(=O)c1ccnc(F)c1. The Hall–Kier alpha value is -2.94. The lowest BCUT2D eigenvalue weighted by Gasteiger charge is -2.10. The van der Waals surface area contributed by atoms with Gasteiger partial charge in [-0.05, 0) is 18.2 Å². The highest BCUT2D eigenvalue weighted by Crippen LogP contribution is 2.24. The third-order valence-electron chi connectivity index (χ3n) is 2.42. The number of anilines is 1. The van der Waals surface area contributed by atoms with Crippen LogP contribution in [0.5, 0.6) is 5.75 Å². The number of nitrogens with one attached hydrogen (secondary N) is 1. The average Bonchev–Trinajstić information content (AvgIpc) is 2.46. The van der Waals surface area contributed by atoms with E-state index in [-0.39, 0.29) is 12.2 Å². The van der Waals surface area contributed by atoms with Crippen molar-refractivity contribution in [2.24, 2.45) is 0 Å². The molecule has 100 valence electrons. The number of hydrogen-bond acceptors (Lipinski definition) is 4. The van der Waals surface area contributed by atoms with E-state index in [4.69, 9.17) is 10.00 Å². The molecule has 5 nitrogen and oxygen atoms in total.